The normalized spacial score (nSPS) is 11.0. The van der Waals surface area contributed by atoms with Gasteiger partial charge in [-0.3, -0.25) is 4.79 Å². The van der Waals surface area contributed by atoms with Gasteiger partial charge in [0.2, 0.25) is 5.88 Å². The zero-order chi connectivity index (χ0) is 25.9. The van der Waals surface area contributed by atoms with Crippen molar-refractivity contribution >= 4 is 41.6 Å². The zero-order valence-electron chi connectivity index (χ0n) is 20.5. The third-order valence-corrected chi connectivity index (χ3v) is 5.19. The third kappa shape index (κ3) is 7.09. The van der Waals surface area contributed by atoms with E-state index < -0.39 is 11.7 Å². The van der Waals surface area contributed by atoms with E-state index >= 15 is 0 Å². The minimum absolute atomic E-state index is 0. The van der Waals surface area contributed by atoms with E-state index in [1.807, 2.05) is 38.1 Å². The topological polar surface area (TPSA) is 91.4 Å². The average molecular weight is 571 g/mol. The number of aromatic nitrogens is 2. The van der Waals surface area contributed by atoms with Crippen LogP contribution in [0.2, 0.25) is 0 Å². The number of nitrogens with two attached hydrogens (primary N) is 1. The molecule has 1 amide bonds. The highest BCUT2D eigenvalue weighted by atomic mass is 35.5. The van der Waals surface area contributed by atoms with Gasteiger partial charge in [-0.25, -0.2) is 4.98 Å². The minimum Gasteiger partial charge on any atom is -0.491 e. The van der Waals surface area contributed by atoms with Crippen molar-refractivity contribution in [2.24, 2.45) is 5.73 Å². The van der Waals surface area contributed by atoms with Gasteiger partial charge in [0.05, 0.1) is 17.2 Å². The molecule has 12 heteroatoms. The van der Waals surface area contributed by atoms with E-state index in [4.69, 9.17) is 15.2 Å². The van der Waals surface area contributed by atoms with Gasteiger partial charge in [-0.2, -0.15) is 13.2 Å². The number of nitrogens with zero attached hydrogens (tertiary/aromatic N) is 2. The second-order valence-electron chi connectivity index (χ2n) is 8.28. The summed E-state index contributed by atoms with van der Waals surface area (Å²) < 4.78 is 51.6. The van der Waals surface area contributed by atoms with Crippen LogP contribution in [0.5, 0.6) is 17.4 Å². The molecule has 0 radical (unpaired) electrons. The molecule has 0 unspecified atom stereocenters. The van der Waals surface area contributed by atoms with Crippen molar-refractivity contribution in [3.05, 3.63) is 78.1 Å². The molecular weight excluding hydrogens is 544 g/mol. The molecule has 204 valence electrons. The van der Waals surface area contributed by atoms with E-state index in [1.54, 1.807) is 28.8 Å². The lowest BCUT2D eigenvalue weighted by Crippen LogP contribution is -2.30. The number of benzene rings is 2. The minimum atomic E-state index is -4.48. The predicted molar refractivity (Wildman–Crippen MR) is 144 cm³/mol. The van der Waals surface area contributed by atoms with Crippen LogP contribution in [0.25, 0.3) is 16.6 Å². The largest absolute Gasteiger partial charge is 0.491 e. The Bertz CT molecular complexity index is 1360. The van der Waals surface area contributed by atoms with Crippen molar-refractivity contribution in [3.8, 4) is 23.1 Å². The summed E-state index contributed by atoms with van der Waals surface area (Å²) in [6, 6.07) is 16.3. The van der Waals surface area contributed by atoms with E-state index in [-0.39, 0.29) is 42.7 Å². The first-order valence-electron chi connectivity index (χ1n) is 11.3. The Morgan fingerprint density at radius 3 is 2.29 bits per heavy atom. The first kappa shape index (κ1) is 30.8. The quantitative estimate of drug-likeness (QED) is 0.265. The van der Waals surface area contributed by atoms with E-state index in [0.29, 0.717) is 35.7 Å². The molecule has 0 saturated heterocycles. The molecule has 4 aromatic rings. The fraction of sp³-hybridized carbons (Fsp3) is 0.231. The summed E-state index contributed by atoms with van der Waals surface area (Å²) in [5.74, 6) is 0.787. The molecule has 0 saturated carbocycles. The predicted octanol–water partition coefficient (Wildman–Crippen LogP) is 6.16. The first-order valence-corrected chi connectivity index (χ1v) is 11.3. The molecule has 3 N–H and O–H groups in total. The number of fused-ring (bicyclic) bond motifs is 1. The number of carbonyl (C=O) groups is 1. The van der Waals surface area contributed by atoms with Gasteiger partial charge in [0.25, 0.3) is 5.91 Å². The van der Waals surface area contributed by atoms with Crippen LogP contribution in [0.15, 0.2) is 66.9 Å². The van der Waals surface area contributed by atoms with Crippen molar-refractivity contribution in [1.82, 2.24) is 14.9 Å². The zero-order valence-corrected chi connectivity index (χ0v) is 22.1. The lowest BCUT2D eigenvalue weighted by molar-refractivity contribution is -0.137. The van der Waals surface area contributed by atoms with Crippen LogP contribution in [0, 0.1) is 0 Å². The van der Waals surface area contributed by atoms with E-state index in [0.717, 1.165) is 29.5 Å². The van der Waals surface area contributed by atoms with Crippen LogP contribution in [0.3, 0.4) is 0 Å². The fourth-order valence-corrected chi connectivity index (χ4v) is 3.65. The number of hydrogen-bond donors (Lipinski definition) is 2. The summed E-state index contributed by atoms with van der Waals surface area (Å²) in [4.78, 5) is 16.7. The van der Waals surface area contributed by atoms with Gasteiger partial charge in [-0.05, 0) is 68.4 Å². The smallest absolute Gasteiger partial charge is 0.417 e. The molecule has 0 aliphatic heterocycles. The van der Waals surface area contributed by atoms with Crippen molar-refractivity contribution in [1.29, 1.82) is 0 Å². The molecular formula is C26H27Cl2F3N4O3. The second kappa shape index (κ2) is 12.9. The van der Waals surface area contributed by atoms with Gasteiger partial charge >= 0.3 is 6.18 Å². The maximum Gasteiger partial charge on any atom is 0.417 e. The summed E-state index contributed by atoms with van der Waals surface area (Å²) in [5.41, 5.74) is 6.55. The molecule has 0 aliphatic rings. The summed E-state index contributed by atoms with van der Waals surface area (Å²) >= 11 is 0. The van der Waals surface area contributed by atoms with Crippen molar-refractivity contribution in [2.75, 3.05) is 13.1 Å². The summed E-state index contributed by atoms with van der Waals surface area (Å²) in [6.07, 6.45) is -3.73. The van der Waals surface area contributed by atoms with E-state index in [2.05, 4.69) is 10.3 Å². The van der Waals surface area contributed by atoms with Crippen LogP contribution in [0.1, 0.15) is 29.9 Å². The second-order valence-corrected chi connectivity index (χ2v) is 8.28. The Morgan fingerprint density at radius 2 is 1.71 bits per heavy atom. The highest BCUT2D eigenvalue weighted by molar-refractivity contribution is 6.00. The molecule has 0 fully saturated rings. The van der Waals surface area contributed by atoms with Crippen LogP contribution >= 0.6 is 24.8 Å². The lowest BCUT2D eigenvalue weighted by Gasteiger charge is -2.14. The first-order chi connectivity index (χ1) is 17.2. The average Bonchev–Trinajstić information content (AvgIpc) is 3.21. The number of pyridine rings is 1. The summed E-state index contributed by atoms with van der Waals surface area (Å²) in [7, 11) is 0. The van der Waals surface area contributed by atoms with Crippen molar-refractivity contribution < 1.29 is 27.4 Å². The lowest BCUT2D eigenvalue weighted by atomic mass is 10.2. The maximum atomic E-state index is 12.9. The van der Waals surface area contributed by atoms with Crippen LogP contribution in [-0.4, -0.2) is 34.7 Å². The molecule has 0 atom stereocenters. The highest BCUT2D eigenvalue weighted by Crippen LogP contribution is 2.32. The van der Waals surface area contributed by atoms with Gasteiger partial charge in [0.15, 0.2) is 0 Å². The number of amides is 1. The van der Waals surface area contributed by atoms with Gasteiger partial charge in [0, 0.05) is 36.4 Å². The SMILES string of the molecule is CC(C)Oc1ccc(-n2c(C(=O)NCCN)cc3cc(Oc4ccc(C(F)(F)F)cn4)ccc32)cc1.Cl.Cl. The Hall–Kier alpha value is -3.47. The van der Waals surface area contributed by atoms with E-state index in [9.17, 15) is 18.0 Å². The van der Waals surface area contributed by atoms with Crippen LogP contribution in [-0.2, 0) is 6.18 Å². The molecule has 2 heterocycles. The number of hydrogen-bond acceptors (Lipinski definition) is 5. The molecule has 0 bridgehead atoms. The third-order valence-electron chi connectivity index (χ3n) is 5.19. The van der Waals surface area contributed by atoms with Crippen molar-refractivity contribution in [2.45, 2.75) is 26.1 Å². The number of nitrogens with one attached hydrogen (secondary N) is 1. The number of ether oxygens (including phenoxy) is 2. The highest BCUT2D eigenvalue weighted by Gasteiger charge is 2.30. The Balaban J connectivity index is 0.00000253. The monoisotopic (exact) mass is 570 g/mol. The molecule has 7 nitrogen and oxygen atoms in total. The fourth-order valence-electron chi connectivity index (χ4n) is 3.65. The molecule has 2 aromatic heterocycles. The summed E-state index contributed by atoms with van der Waals surface area (Å²) in [6.45, 7) is 4.49. The van der Waals surface area contributed by atoms with Gasteiger partial charge < -0.3 is 25.1 Å². The van der Waals surface area contributed by atoms with E-state index in [1.165, 1.54) is 0 Å². The molecule has 2 aromatic carbocycles. The maximum absolute atomic E-state index is 12.9. The van der Waals surface area contributed by atoms with Gasteiger partial charge in [-0.1, -0.05) is 0 Å². The number of alkyl halides is 3. The number of rotatable bonds is 8. The van der Waals surface area contributed by atoms with Gasteiger partial charge in [-0.15, -0.1) is 24.8 Å². The molecule has 0 spiro atoms. The van der Waals surface area contributed by atoms with Crippen LogP contribution < -0.4 is 20.5 Å². The Morgan fingerprint density at radius 1 is 1.03 bits per heavy atom. The Kier molecular flexibility index (Phi) is 10.4. The molecule has 38 heavy (non-hydrogen) atoms. The molecule has 4 rings (SSSR count). The molecule has 0 aliphatic carbocycles. The van der Waals surface area contributed by atoms with Crippen LogP contribution in [0.4, 0.5) is 13.2 Å². The van der Waals surface area contributed by atoms with Gasteiger partial charge in [0.1, 0.15) is 17.2 Å². The standard InChI is InChI=1S/C26H25F3N4O3.2ClH/c1-16(2)35-20-6-4-19(5-7-20)33-22-9-8-21(13-17(22)14-23(33)25(34)31-12-11-30)36-24-10-3-18(15-32-24)26(27,28)29;;/h3-10,13-16H,11-12,30H2,1-2H3,(H,31,34);2*1H. The summed E-state index contributed by atoms with van der Waals surface area (Å²) in [5, 5.41) is 3.48. The Labute approximate surface area is 230 Å². The number of carbonyl (C=O) groups excluding carboxylic acids is 1. The number of halogens is 5. The van der Waals surface area contributed by atoms with Crippen molar-refractivity contribution in [3.63, 3.8) is 0 Å².